The van der Waals surface area contributed by atoms with Crippen molar-refractivity contribution in [2.75, 3.05) is 18.9 Å². The molecular weight excluding hydrogens is 323 g/mol. The first-order valence-corrected chi connectivity index (χ1v) is 7.02. The minimum absolute atomic E-state index is 0.0432. The Morgan fingerprint density at radius 1 is 1.33 bits per heavy atom. The molecule has 0 fully saturated rings. The minimum atomic E-state index is -2.95. The highest BCUT2D eigenvalue weighted by molar-refractivity contribution is 5.82. The van der Waals surface area contributed by atoms with Crippen LogP contribution in [-0.2, 0) is 17.3 Å². The molecule has 130 valence electrons. The Balaban J connectivity index is 0.000000292. The number of imidazole rings is 1. The summed E-state index contributed by atoms with van der Waals surface area (Å²) in [6.45, 7) is -0.482. The Kier molecular flexibility index (Phi) is 5.45. The summed E-state index contributed by atoms with van der Waals surface area (Å²) in [7, 11) is 1.94. The lowest BCUT2D eigenvalue weighted by molar-refractivity contribution is -0.0145. The Labute approximate surface area is 137 Å². The fourth-order valence-corrected chi connectivity index (χ4v) is 2.20. The third-order valence-electron chi connectivity index (χ3n) is 3.37. The van der Waals surface area contributed by atoms with Gasteiger partial charge in [-0.2, -0.15) is 0 Å². The molecule has 24 heavy (non-hydrogen) atoms. The molecule has 0 bridgehead atoms. The number of amidine groups is 1. The lowest BCUT2D eigenvalue weighted by Gasteiger charge is -2.33. The maximum atomic E-state index is 13.7. The number of aryl methyl sites for hydroxylation is 1. The molecule has 1 atom stereocenters. The first kappa shape index (κ1) is 17.8. The lowest BCUT2D eigenvalue weighted by atomic mass is 9.90. The molecule has 2 heterocycles. The van der Waals surface area contributed by atoms with E-state index < -0.39 is 24.4 Å². The molecule has 0 radical (unpaired) electrons. The predicted octanol–water partition coefficient (Wildman–Crippen LogP) is 1.68. The van der Waals surface area contributed by atoms with Crippen LogP contribution in [0.1, 0.15) is 5.56 Å². The molecule has 1 aliphatic rings. The summed E-state index contributed by atoms with van der Waals surface area (Å²) in [5.41, 5.74) is 8.65. The highest BCUT2D eigenvalue weighted by Crippen LogP contribution is 2.37. The van der Waals surface area contributed by atoms with Gasteiger partial charge < -0.3 is 20.8 Å². The van der Waals surface area contributed by atoms with Gasteiger partial charge in [0, 0.05) is 30.7 Å². The van der Waals surface area contributed by atoms with Gasteiger partial charge in [-0.25, -0.2) is 18.2 Å². The number of anilines is 1. The Morgan fingerprint density at radius 3 is 2.58 bits per heavy atom. The van der Waals surface area contributed by atoms with Gasteiger partial charge in [-0.1, -0.05) is 0 Å². The van der Waals surface area contributed by atoms with Crippen LogP contribution in [0.25, 0.3) is 0 Å². The van der Waals surface area contributed by atoms with Crippen LogP contribution in [-0.4, -0.2) is 35.0 Å². The average Bonchev–Trinajstić information content (AvgIpc) is 3.01. The molecule has 0 amide bonds. The number of nitrogen functional groups attached to an aromatic ring is 1. The molecule has 4 N–H and O–H groups in total. The molecular formula is C15H18F3N5O. The zero-order valence-electron chi connectivity index (χ0n) is 13.0. The highest BCUT2D eigenvalue weighted by atomic mass is 19.3. The van der Waals surface area contributed by atoms with Crippen LogP contribution in [0.15, 0.2) is 41.9 Å². The van der Waals surface area contributed by atoms with E-state index in [1.165, 1.54) is 6.07 Å². The van der Waals surface area contributed by atoms with Crippen LogP contribution in [0.5, 0.6) is 0 Å². The van der Waals surface area contributed by atoms with Crippen molar-refractivity contribution in [3.63, 3.8) is 0 Å². The molecule has 2 aromatic rings. The number of aromatic nitrogens is 2. The Bertz CT molecular complexity index is 705. The normalized spacial score (nSPS) is 20.3. The maximum Gasteiger partial charge on any atom is 0.269 e. The van der Waals surface area contributed by atoms with Crippen molar-refractivity contribution in [3.05, 3.63) is 48.3 Å². The lowest BCUT2D eigenvalue weighted by Crippen LogP contribution is -2.45. The fourth-order valence-electron chi connectivity index (χ4n) is 2.20. The monoisotopic (exact) mass is 341 g/mol. The van der Waals surface area contributed by atoms with E-state index in [4.69, 9.17) is 16.2 Å². The quantitative estimate of drug-likeness (QED) is 0.813. The molecule has 6 nitrogen and oxygen atoms in total. The third kappa shape index (κ3) is 3.85. The van der Waals surface area contributed by atoms with Crippen molar-refractivity contribution in [1.29, 1.82) is 0 Å². The van der Waals surface area contributed by atoms with E-state index in [0.29, 0.717) is 0 Å². The summed E-state index contributed by atoms with van der Waals surface area (Å²) in [6, 6.07) is 3.44. The highest BCUT2D eigenvalue weighted by Gasteiger charge is 2.46. The summed E-state index contributed by atoms with van der Waals surface area (Å²) in [5.74, 6) is -0.907. The van der Waals surface area contributed by atoms with Crippen LogP contribution >= 0.6 is 0 Å². The largest absolute Gasteiger partial charge is 0.399 e. The molecule has 0 saturated heterocycles. The molecule has 3 rings (SSSR count). The molecule has 1 aliphatic heterocycles. The second-order valence-corrected chi connectivity index (χ2v) is 5.29. The number of hydrogen-bond acceptors (Lipinski definition) is 5. The molecule has 1 aromatic carbocycles. The first-order valence-electron chi connectivity index (χ1n) is 7.02. The minimum Gasteiger partial charge on any atom is -0.399 e. The number of aliphatic imine (C=N–C) groups is 1. The number of nitrogens with zero attached hydrogens (tertiary/aromatic N) is 3. The van der Waals surface area contributed by atoms with Crippen LogP contribution in [0, 0.1) is 5.82 Å². The number of benzene rings is 1. The SMILES string of the molecule is Cn1ccnc1.NC1=N[C@@](c2cc(N)ccc2F)(C(F)F)COC1. The standard InChI is InChI=1S/C11H12F3N3O.C4H6N2/c12-8-2-1-6(15)3-7(8)11(10(13)14)5-18-4-9(16)17-11;1-6-3-2-5-4-6/h1-3,10H,4-5,15H2,(H2,16,17);2-4H,1H3/t11-;/m0./s1. The van der Waals surface area contributed by atoms with Crippen molar-refractivity contribution in [1.82, 2.24) is 9.55 Å². The van der Waals surface area contributed by atoms with E-state index in [1.807, 2.05) is 17.8 Å². The maximum absolute atomic E-state index is 13.7. The summed E-state index contributed by atoms with van der Waals surface area (Å²) in [4.78, 5) is 7.49. The second-order valence-electron chi connectivity index (χ2n) is 5.29. The van der Waals surface area contributed by atoms with E-state index >= 15 is 0 Å². The van der Waals surface area contributed by atoms with E-state index in [1.54, 1.807) is 12.5 Å². The van der Waals surface area contributed by atoms with Gasteiger partial charge in [-0.05, 0) is 18.2 Å². The Hall–Kier alpha value is -2.55. The van der Waals surface area contributed by atoms with Crippen molar-refractivity contribution >= 4 is 11.5 Å². The van der Waals surface area contributed by atoms with Gasteiger partial charge in [0.1, 0.15) is 18.3 Å². The van der Waals surface area contributed by atoms with Crippen molar-refractivity contribution < 1.29 is 17.9 Å². The molecule has 0 unspecified atom stereocenters. The van der Waals surface area contributed by atoms with Gasteiger partial charge in [-0.15, -0.1) is 0 Å². The molecule has 0 saturated carbocycles. The number of ether oxygens (including phenoxy) is 1. The van der Waals surface area contributed by atoms with Gasteiger partial charge in [0.15, 0.2) is 5.54 Å². The Morgan fingerprint density at radius 2 is 2.08 bits per heavy atom. The third-order valence-corrected chi connectivity index (χ3v) is 3.37. The number of rotatable bonds is 2. The fraction of sp³-hybridized carbons (Fsp3) is 0.333. The predicted molar refractivity (Wildman–Crippen MR) is 84.1 cm³/mol. The molecule has 0 aliphatic carbocycles. The van der Waals surface area contributed by atoms with E-state index in [-0.39, 0.29) is 23.7 Å². The summed E-state index contributed by atoms with van der Waals surface area (Å²) in [6.07, 6.45) is 2.44. The molecule has 1 aromatic heterocycles. The topological polar surface area (TPSA) is 91.5 Å². The smallest absolute Gasteiger partial charge is 0.269 e. The number of alkyl halides is 2. The van der Waals surface area contributed by atoms with Crippen molar-refractivity contribution in [3.8, 4) is 0 Å². The van der Waals surface area contributed by atoms with Crippen molar-refractivity contribution in [2.45, 2.75) is 12.0 Å². The van der Waals surface area contributed by atoms with Gasteiger partial charge in [0.25, 0.3) is 6.43 Å². The number of nitrogens with two attached hydrogens (primary N) is 2. The zero-order valence-corrected chi connectivity index (χ0v) is 13.0. The summed E-state index contributed by atoms with van der Waals surface area (Å²) >= 11 is 0. The number of hydrogen-bond donors (Lipinski definition) is 2. The summed E-state index contributed by atoms with van der Waals surface area (Å²) < 4.78 is 47.2. The van der Waals surface area contributed by atoms with Gasteiger partial charge >= 0.3 is 0 Å². The first-order chi connectivity index (χ1) is 11.3. The van der Waals surface area contributed by atoms with Gasteiger partial charge in [-0.3, -0.25) is 4.99 Å². The average molecular weight is 341 g/mol. The number of halogens is 3. The van der Waals surface area contributed by atoms with E-state index in [0.717, 1.165) is 12.1 Å². The van der Waals surface area contributed by atoms with Crippen LogP contribution in [0.2, 0.25) is 0 Å². The second kappa shape index (κ2) is 7.35. The zero-order chi connectivity index (χ0) is 17.7. The van der Waals surface area contributed by atoms with Gasteiger partial charge in [0.05, 0.1) is 12.9 Å². The molecule has 9 heteroatoms. The van der Waals surface area contributed by atoms with E-state index in [2.05, 4.69) is 9.98 Å². The van der Waals surface area contributed by atoms with Gasteiger partial charge in [0.2, 0.25) is 0 Å². The van der Waals surface area contributed by atoms with Crippen molar-refractivity contribution in [2.24, 2.45) is 17.8 Å². The molecule has 0 spiro atoms. The van der Waals surface area contributed by atoms with E-state index in [9.17, 15) is 13.2 Å². The van der Waals surface area contributed by atoms with Crippen LogP contribution in [0.4, 0.5) is 18.9 Å². The van der Waals surface area contributed by atoms with Crippen LogP contribution in [0.3, 0.4) is 0 Å². The summed E-state index contributed by atoms with van der Waals surface area (Å²) in [5, 5.41) is 0. The van der Waals surface area contributed by atoms with Crippen LogP contribution < -0.4 is 11.5 Å².